The molecule has 2 aromatic heterocycles. The van der Waals surface area contributed by atoms with Crippen molar-refractivity contribution in [2.75, 3.05) is 0 Å². The SMILES string of the molecule is Cc1cccc2c1c(Cn1c(=O)n(C3=C(C(=O)O)CCC3)c3ccccc31)cn2C. The van der Waals surface area contributed by atoms with Crippen molar-refractivity contribution >= 4 is 33.6 Å². The average Bonchev–Trinajstić information content (AvgIpc) is 3.39. The number of rotatable bonds is 4. The van der Waals surface area contributed by atoms with Gasteiger partial charge in [-0.15, -0.1) is 0 Å². The van der Waals surface area contributed by atoms with E-state index in [0.29, 0.717) is 30.7 Å². The molecule has 1 aliphatic carbocycles. The number of carbonyl (C=O) groups is 1. The number of aryl methyl sites for hydroxylation is 2. The van der Waals surface area contributed by atoms with Crippen LogP contribution in [0.4, 0.5) is 0 Å². The Morgan fingerprint density at radius 2 is 1.77 bits per heavy atom. The van der Waals surface area contributed by atoms with Gasteiger partial charge in [0.05, 0.1) is 23.2 Å². The number of para-hydroxylation sites is 2. The van der Waals surface area contributed by atoms with E-state index in [-0.39, 0.29) is 5.69 Å². The maximum absolute atomic E-state index is 13.6. The lowest BCUT2D eigenvalue weighted by Gasteiger charge is -2.06. The van der Waals surface area contributed by atoms with Crippen molar-refractivity contribution < 1.29 is 9.90 Å². The van der Waals surface area contributed by atoms with E-state index < -0.39 is 5.97 Å². The fourth-order valence-corrected chi connectivity index (χ4v) is 4.85. The standard InChI is InChI=1S/C24H23N3O3/c1-15-7-5-12-21-22(15)16(13-25(21)2)14-26-19-9-3-4-10-20(19)27(24(26)30)18-11-6-8-17(18)23(28)29/h3-5,7,9-10,12-13H,6,8,11,14H2,1-2H3,(H,28,29). The molecule has 2 aromatic carbocycles. The molecule has 6 nitrogen and oxygen atoms in total. The summed E-state index contributed by atoms with van der Waals surface area (Å²) in [6.45, 7) is 2.52. The van der Waals surface area contributed by atoms with Gasteiger partial charge in [-0.25, -0.2) is 9.59 Å². The third kappa shape index (κ3) is 2.64. The molecule has 0 radical (unpaired) electrons. The van der Waals surface area contributed by atoms with Crippen LogP contribution in [-0.2, 0) is 18.4 Å². The number of aromatic nitrogens is 3. The van der Waals surface area contributed by atoms with Gasteiger partial charge in [0.1, 0.15) is 0 Å². The molecular formula is C24H23N3O3. The maximum Gasteiger partial charge on any atom is 0.333 e. The summed E-state index contributed by atoms with van der Waals surface area (Å²) in [4.78, 5) is 25.3. The number of hydrogen-bond acceptors (Lipinski definition) is 2. The summed E-state index contributed by atoms with van der Waals surface area (Å²) in [7, 11) is 2.01. The quantitative estimate of drug-likeness (QED) is 0.559. The first-order chi connectivity index (χ1) is 14.5. The molecule has 0 bridgehead atoms. The predicted octanol–water partition coefficient (Wildman–Crippen LogP) is 4.13. The summed E-state index contributed by atoms with van der Waals surface area (Å²) < 4.78 is 5.47. The van der Waals surface area contributed by atoms with E-state index in [1.54, 1.807) is 9.13 Å². The van der Waals surface area contributed by atoms with Crippen LogP contribution in [0.1, 0.15) is 30.4 Å². The number of carboxylic acid groups (broad SMARTS) is 1. The third-order valence-corrected chi connectivity index (χ3v) is 6.18. The molecule has 1 N–H and O–H groups in total. The Labute approximate surface area is 173 Å². The zero-order valence-electron chi connectivity index (χ0n) is 17.1. The zero-order valence-corrected chi connectivity index (χ0v) is 17.1. The summed E-state index contributed by atoms with van der Waals surface area (Å²) in [5.41, 5.74) is 5.75. The van der Waals surface area contributed by atoms with E-state index >= 15 is 0 Å². The molecule has 5 rings (SSSR count). The van der Waals surface area contributed by atoms with Gasteiger partial charge in [-0.3, -0.25) is 9.13 Å². The zero-order chi connectivity index (χ0) is 21.0. The molecule has 0 saturated carbocycles. The Hall–Kier alpha value is -3.54. The van der Waals surface area contributed by atoms with Gasteiger partial charge in [0.15, 0.2) is 0 Å². The van der Waals surface area contributed by atoms with Gasteiger partial charge in [0.25, 0.3) is 0 Å². The molecule has 4 aromatic rings. The van der Waals surface area contributed by atoms with Gasteiger partial charge < -0.3 is 9.67 Å². The van der Waals surface area contributed by atoms with Gasteiger partial charge in [-0.2, -0.15) is 0 Å². The first-order valence-corrected chi connectivity index (χ1v) is 10.2. The number of imidazole rings is 1. The number of aliphatic carboxylic acids is 1. The van der Waals surface area contributed by atoms with Gasteiger partial charge in [0.2, 0.25) is 0 Å². The summed E-state index contributed by atoms with van der Waals surface area (Å²) in [5, 5.41) is 10.8. The van der Waals surface area contributed by atoms with Crippen molar-refractivity contribution in [2.45, 2.75) is 32.7 Å². The van der Waals surface area contributed by atoms with Crippen LogP contribution in [0, 0.1) is 6.92 Å². The molecule has 0 unspecified atom stereocenters. The van der Waals surface area contributed by atoms with Crippen molar-refractivity contribution in [3.63, 3.8) is 0 Å². The predicted molar refractivity (Wildman–Crippen MR) is 118 cm³/mol. The molecule has 0 spiro atoms. The minimum Gasteiger partial charge on any atom is -0.478 e. The fraction of sp³-hybridized carbons (Fsp3) is 0.250. The minimum atomic E-state index is -0.934. The van der Waals surface area contributed by atoms with Crippen molar-refractivity contribution in [2.24, 2.45) is 7.05 Å². The second-order valence-corrected chi connectivity index (χ2v) is 8.01. The summed E-state index contributed by atoms with van der Waals surface area (Å²) in [6.07, 6.45) is 3.93. The largest absolute Gasteiger partial charge is 0.478 e. The van der Waals surface area contributed by atoms with E-state index in [4.69, 9.17) is 0 Å². The highest BCUT2D eigenvalue weighted by Crippen LogP contribution is 2.32. The number of hydrogen-bond donors (Lipinski definition) is 1. The van der Waals surface area contributed by atoms with Crippen LogP contribution in [0.3, 0.4) is 0 Å². The van der Waals surface area contributed by atoms with E-state index in [1.807, 2.05) is 37.4 Å². The Bertz CT molecular complexity index is 1420. The summed E-state index contributed by atoms with van der Waals surface area (Å²) in [5.74, 6) is -0.934. The first-order valence-electron chi connectivity index (χ1n) is 10.2. The number of fused-ring (bicyclic) bond motifs is 2. The van der Waals surface area contributed by atoms with E-state index in [9.17, 15) is 14.7 Å². The molecule has 152 valence electrons. The van der Waals surface area contributed by atoms with Gasteiger partial charge in [-0.05, 0) is 55.5 Å². The molecule has 1 aliphatic rings. The number of benzene rings is 2. The average molecular weight is 401 g/mol. The van der Waals surface area contributed by atoms with Crippen LogP contribution >= 0.6 is 0 Å². The smallest absolute Gasteiger partial charge is 0.333 e. The molecule has 6 heteroatoms. The maximum atomic E-state index is 13.6. The molecule has 0 aliphatic heterocycles. The second kappa shape index (κ2) is 6.76. The lowest BCUT2D eigenvalue weighted by Crippen LogP contribution is -2.25. The lowest BCUT2D eigenvalue weighted by molar-refractivity contribution is -0.132. The van der Waals surface area contributed by atoms with Crippen molar-refractivity contribution in [3.8, 4) is 0 Å². The summed E-state index contributed by atoms with van der Waals surface area (Å²) in [6, 6.07) is 13.8. The monoisotopic (exact) mass is 401 g/mol. The lowest BCUT2D eigenvalue weighted by atomic mass is 10.1. The minimum absolute atomic E-state index is 0.183. The van der Waals surface area contributed by atoms with Crippen LogP contribution in [0.15, 0.2) is 59.0 Å². The van der Waals surface area contributed by atoms with E-state index in [0.717, 1.165) is 33.9 Å². The molecule has 0 amide bonds. The topological polar surface area (TPSA) is 69.2 Å². The van der Waals surface area contributed by atoms with Gasteiger partial charge in [-0.1, -0.05) is 24.3 Å². The number of carboxylic acids is 1. The van der Waals surface area contributed by atoms with E-state index in [1.165, 1.54) is 5.56 Å². The molecule has 2 heterocycles. The number of nitrogens with zero attached hydrogens (tertiary/aromatic N) is 3. The van der Waals surface area contributed by atoms with E-state index in [2.05, 4.69) is 29.8 Å². The molecule has 0 fully saturated rings. The normalized spacial score (nSPS) is 14.3. The first kappa shape index (κ1) is 18.5. The van der Waals surface area contributed by atoms with Gasteiger partial charge >= 0.3 is 11.7 Å². The van der Waals surface area contributed by atoms with Crippen LogP contribution in [0.5, 0.6) is 0 Å². The Balaban J connectivity index is 1.75. The highest BCUT2D eigenvalue weighted by molar-refractivity contribution is 5.96. The number of allylic oxidation sites excluding steroid dienone is 1. The fourth-order valence-electron chi connectivity index (χ4n) is 4.85. The van der Waals surface area contributed by atoms with Gasteiger partial charge in [0, 0.05) is 29.8 Å². The van der Waals surface area contributed by atoms with Crippen molar-refractivity contribution in [3.05, 3.63) is 75.8 Å². The summed E-state index contributed by atoms with van der Waals surface area (Å²) >= 11 is 0. The second-order valence-electron chi connectivity index (χ2n) is 8.01. The van der Waals surface area contributed by atoms with Crippen LogP contribution in [0.2, 0.25) is 0 Å². The molecular weight excluding hydrogens is 378 g/mol. The van der Waals surface area contributed by atoms with Crippen LogP contribution in [-0.4, -0.2) is 24.8 Å². The van der Waals surface area contributed by atoms with Crippen molar-refractivity contribution in [1.29, 1.82) is 0 Å². The molecule has 0 saturated heterocycles. The van der Waals surface area contributed by atoms with Crippen molar-refractivity contribution in [1.82, 2.24) is 13.7 Å². The molecule has 0 atom stereocenters. The Morgan fingerprint density at radius 1 is 1.03 bits per heavy atom. The highest BCUT2D eigenvalue weighted by atomic mass is 16.4. The highest BCUT2D eigenvalue weighted by Gasteiger charge is 2.26. The Morgan fingerprint density at radius 3 is 2.53 bits per heavy atom. The van der Waals surface area contributed by atoms with Crippen LogP contribution in [0.25, 0.3) is 27.6 Å². The third-order valence-electron chi connectivity index (χ3n) is 6.18. The molecule has 30 heavy (non-hydrogen) atoms. The Kier molecular flexibility index (Phi) is 4.17. The van der Waals surface area contributed by atoms with Crippen LogP contribution < -0.4 is 5.69 Å².